The van der Waals surface area contributed by atoms with E-state index in [1.165, 1.54) is 0 Å². The van der Waals surface area contributed by atoms with Crippen LogP contribution in [0.3, 0.4) is 0 Å². The molecule has 27 heavy (non-hydrogen) atoms. The molecule has 2 aromatic rings. The molecule has 2 heterocycles. The van der Waals surface area contributed by atoms with Crippen LogP contribution in [0.15, 0.2) is 36.7 Å². The van der Waals surface area contributed by atoms with Gasteiger partial charge in [-0.05, 0) is 31.2 Å². The summed E-state index contributed by atoms with van der Waals surface area (Å²) in [6.45, 7) is 3.96. The lowest BCUT2D eigenvalue weighted by atomic mass is 9.95. The highest BCUT2D eigenvalue weighted by Gasteiger charge is 2.27. The van der Waals surface area contributed by atoms with Gasteiger partial charge in [0, 0.05) is 32.9 Å². The van der Waals surface area contributed by atoms with Crippen molar-refractivity contribution in [2.24, 2.45) is 18.7 Å². The molecule has 0 spiro atoms. The number of nitrogens with zero attached hydrogens (tertiary/aromatic N) is 3. The number of piperidine rings is 1. The molecule has 1 aliphatic heterocycles. The Hall–Kier alpha value is -2.67. The van der Waals surface area contributed by atoms with Crippen molar-refractivity contribution < 1.29 is 9.59 Å². The number of benzene rings is 1. The Morgan fingerprint density at radius 2 is 1.93 bits per heavy atom. The van der Waals surface area contributed by atoms with Gasteiger partial charge in [-0.1, -0.05) is 29.8 Å². The van der Waals surface area contributed by atoms with Crippen LogP contribution in [0.2, 0.25) is 0 Å². The van der Waals surface area contributed by atoms with Crippen LogP contribution in [0, 0.1) is 12.8 Å². The van der Waals surface area contributed by atoms with Crippen LogP contribution < -0.4 is 11.1 Å². The van der Waals surface area contributed by atoms with Crippen molar-refractivity contribution in [3.05, 3.63) is 53.3 Å². The third-order valence-electron chi connectivity index (χ3n) is 5.15. The number of rotatable bonds is 5. The van der Waals surface area contributed by atoms with Gasteiger partial charge in [-0.15, -0.1) is 0 Å². The third kappa shape index (κ3) is 4.74. The average molecular weight is 369 g/mol. The van der Waals surface area contributed by atoms with E-state index in [9.17, 15) is 9.59 Å². The number of carbonyl (C=O) groups excluding carboxylic acids is 2. The Bertz CT molecular complexity index is 791. The van der Waals surface area contributed by atoms with Gasteiger partial charge in [0.05, 0.1) is 11.8 Å². The second-order valence-corrected chi connectivity index (χ2v) is 7.27. The van der Waals surface area contributed by atoms with E-state index in [0.29, 0.717) is 31.1 Å². The number of amides is 2. The molecule has 3 rings (SSSR count). The monoisotopic (exact) mass is 369 g/mol. The summed E-state index contributed by atoms with van der Waals surface area (Å²) in [6.07, 6.45) is 4.98. The molecule has 3 N–H and O–H groups in total. The molecule has 1 atom stereocenters. The fourth-order valence-electron chi connectivity index (χ4n) is 3.35. The second kappa shape index (κ2) is 8.35. The van der Waals surface area contributed by atoms with E-state index in [1.54, 1.807) is 24.1 Å². The summed E-state index contributed by atoms with van der Waals surface area (Å²) in [5.41, 5.74) is 8.72. The molecule has 1 aromatic carbocycles. The molecule has 1 aliphatic rings. The Morgan fingerprint density at radius 1 is 1.26 bits per heavy atom. The number of nitrogens with one attached hydrogen (secondary N) is 1. The molecule has 2 amide bonds. The minimum Gasteiger partial charge on any atom is -0.352 e. The first kappa shape index (κ1) is 19.1. The van der Waals surface area contributed by atoms with Gasteiger partial charge >= 0.3 is 0 Å². The summed E-state index contributed by atoms with van der Waals surface area (Å²) in [6, 6.07) is 7.16. The molecule has 1 unspecified atom stereocenters. The molecule has 0 bridgehead atoms. The number of hydrogen-bond acceptors (Lipinski definition) is 4. The molecule has 0 radical (unpaired) electrons. The first-order valence-corrected chi connectivity index (χ1v) is 9.32. The predicted molar refractivity (Wildman–Crippen MR) is 103 cm³/mol. The van der Waals surface area contributed by atoms with Gasteiger partial charge in [-0.25, -0.2) is 0 Å². The molecule has 144 valence electrons. The van der Waals surface area contributed by atoms with Gasteiger partial charge < -0.3 is 16.0 Å². The van der Waals surface area contributed by atoms with Crippen molar-refractivity contribution in [3.8, 4) is 0 Å². The predicted octanol–water partition coefficient (Wildman–Crippen LogP) is 1.40. The van der Waals surface area contributed by atoms with Crippen molar-refractivity contribution in [3.63, 3.8) is 0 Å². The van der Waals surface area contributed by atoms with Crippen LogP contribution in [-0.4, -0.2) is 46.1 Å². The fraction of sp³-hybridized carbons (Fsp3) is 0.450. The standard InChI is InChI=1S/C20H27N5O2/c1-14-3-5-16(6-4-14)18(21)20(27)25-9-7-15(8-10-25)11-22-19(26)17-12-23-24(2)13-17/h3-6,12-13,15,18H,7-11,21H2,1-2H3,(H,22,26). The van der Waals surface area contributed by atoms with Gasteiger partial charge in [-0.3, -0.25) is 14.3 Å². The van der Waals surface area contributed by atoms with Crippen LogP contribution in [-0.2, 0) is 11.8 Å². The van der Waals surface area contributed by atoms with Crippen molar-refractivity contribution >= 4 is 11.8 Å². The number of nitrogens with two attached hydrogens (primary N) is 1. The first-order valence-electron chi connectivity index (χ1n) is 9.32. The van der Waals surface area contributed by atoms with Gasteiger partial charge in [0.15, 0.2) is 0 Å². The average Bonchev–Trinajstić information content (AvgIpc) is 3.12. The van der Waals surface area contributed by atoms with Crippen LogP contribution in [0.5, 0.6) is 0 Å². The highest BCUT2D eigenvalue weighted by Crippen LogP contribution is 2.21. The van der Waals surface area contributed by atoms with E-state index >= 15 is 0 Å². The number of aromatic nitrogens is 2. The molecule has 0 aliphatic carbocycles. The second-order valence-electron chi connectivity index (χ2n) is 7.27. The maximum Gasteiger partial charge on any atom is 0.254 e. The lowest BCUT2D eigenvalue weighted by Gasteiger charge is -2.33. The maximum absolute atomic E-state index is 12.7. The molecule has 1 saturated heterocycles. The largest absolute Gasteiger partial charge is 0.352 e. The maximum atomic E-state index is 12.7. The molecule has 0 saturated carbocycles. The van der Waals surface area contributed by atoms with E-state index < -0.39 is 6.04 Å². The van der Waals surface area contributed by atoms with E-state index in [2.05, 4.69) is 10.4 Å². The number of carbonyl (C=O) groups is 2. The molecule has 1 aromatic heterocycles. The summed E-state index contributed by atoms with van der Waals surface area (Å²) in [4.78, 5) is 26.6. The molecular weight excluding hydrogens is 342 g/mol. The van der Waals surface area contributed by atoms with Gasteiger partial charge in [0.1, 0.15) is 6.04 Å². The zero-order valence-electron chi connectivity index (χ0n) is 15.9. The van der Waals surface area contributed by atoms with Crippen LogP contribution in [0.4, 0.5) is 0 Å². The molecular formula is C20H27N5O2. The highest BCUT2D eigenvalue weighted by atomic mass is 16.2. The van der Waals surface area contributed by atoms with Crippen molar-refractivity contribution in [2.75, 3.05) is 19.6 Å². The van der Waals surface area contributed by atoms with E-state index in [4.69, 9.17) is 5.73 Å². The zero-order chi connectivity index (χ0) is 19.4. The van der Waals surface area contributed by atoms with Gasteiger partial charge in [-0.2, -0.15) is 5.10 Å². The Morgan fingerprint density at radius 3 is 2.52 bits per heavy atom. The Labute approximate surface area is 159 Å². The lowest BCUT2D eigenvalue weighted by molar-refractivity contribution is -0.134. The third-order valence-corrected chi connectivity index (χ3v) is 5.15. The number of aryl methyl sites for hydroxylation is 2. The highest BCUT2D eigenvalue weighted by molar-refractivity contribution is 5.93. The minimum absolute atomic E-state index is 0.0308. The minimum atomic E-state index is -0.618. The smallest absolute Gasteiger partial charge is 0.254 e. The SMILES string of the molecule is Cc1ccc(C(N)C(=O)N2CCC(CNC(=O)c3cnn(C)c3)CC2)cc1. The Balaban J connectivity index is 1.46. The summed E-state index contributed by atoms with van der Waals surface area (Å²) in [5.74, 6) is 0.227. The topological polar surface area (TPSA) is 93.2 Å². The summed E-state index contributed by atoms with van der Waals surface area (Å²) >= 11 is 0. The first-order chi connectivity index (χ1) is 12.9. The van der Waals surface area contributed by atoms with Crippen LogP contribution in [0.25, 0.3) is 0 Å². The van der Waals surface area contributed by atoms with Gasteiger partial charge in [0.25, 0.3) is 5.91 Å². The zero-order valence-corrected chi connectivity index (χ0v) is 15.9. The lowest BCUT2D eigenvalue weighted by Crippen LogP contribution is -2.45. The summed E-state index contributed by atoms with van der Waals surface area (Å²) in [5, 5.41) is 6.97. The van der Waals surface area contributed by atoms with Crippen molar-refractivity contribution in [1.29, 1.82) is 0 Å². The van der Waals surface area contributed by atoms with E-state index in [-0.39, 0.29) is 11.8 Å². The summed E-state index contributed by atoms with van der Waals surface area (Å²) in [7, 11) is 1.78. The fourth-order valence-corrected chi connectivity index (χ4v) is 3.35. The molecule has 1 fully saturated rings. The van der Waals surface area contributed by atoms with Crippen LogP contribution in [0.1, 0.15) is 40.4 Å². The molecule has 7 heteroatoms. The van der Waals surface area contributed by atoms with E-state index in [1.807, 2.05) is 36.1 Å². The Kier molecular flexibility index (Phi) is 5.91. The number of hydrogen-bond donors (Lipinski definition) is 2. The summed E-state index contributed by atoms with van der Waals surface area (Å²) < 4.78 is 1.61. The quantitative estimate of drug-likeness (QED) is 0.833. The van der Waals surface area contributed by atoms with E-state index in [0.717, 1.165) is 24.0 Å². The van der Waals surface area contributed by atoms with Crippen molar-refractivity contribution in [2.45, 2.75) is 25.8 Å². The normalized spacial score (nSPS) is 16.2. The van der Waals surface area contributed by atoms with Crippen LogP contribution >= 0.6 is 0 Å². The molecule has 7 nitrogen and oxygen atoms in total. The number of likely N-dealkylation sites (tertiary alicyclic amines) is 1. The van der Waals surface area contributed by atoms with Crippen molar-refractivity contribution in [1.82, 2.24) is 20.0 Å². The van der Waals surface area contributed by atoms with Gasteiger partial charge in [0.2, 0.25) is 5.91 Å².